The van der Waals surface area contributed by atoms with Crippen LogP contribution in [0.4, 0.5) is 4.39 Å². The van der Waals surface area contributed by atoms with Gasteiger partial charge >= 0.3 is 0 Å². The molecule has 1 aliphatic heterocycles. The van der Waals surface area contributed by atoms with Crippen molar-refractivity contribution < 1.29 is 22.7 Å². The Labute approximate surface area is 181 Å². The fourth-order valence-corrected chi connectivity index (χ4v) is 5.71. The lowest BCUT2D eigenvalue weighted by Gasteiger charge is -2.34. The minimum absolute atomic E-state index is 0.186. The molecule has 9 heteroatoms. The van der Waals surface area contributed by atoms with Crippen LogP contribution in [0.3, 0.4) is 0 Å². The van der Waals surface area contributed by atoms with Gasteiger partial charge in [-0.15, -0.1) is 4.91 Å². The maximum Gasteiger partial charge on any atom is 0.217 e. The highest BCUT2D eigenvalue weighted by molar-refractivity contribution is 7.89. The van der Waals surface area contributed by atoms with Crippen LogP contribution in [0.5, 0.6) is 5.75 Å². The van der Waals surface area contributed by atoms with Crippen molar-refractivity contribution in [2.45, 2.75) is 37.2 Å². The summed E-state index contributed by atoms with van der Waals surface area (Å²) >= 11 is 0. The van der Waals surface area contributed by atoms with Gasteiger partial charge in [0.05, 0.1) is 11.9 Å². The third-order valence-corrected chi connectivity index (χ3v) is 7.84. The van der Waals surface area contributed by atoms with Crippen molar-refractivity contribution >= 4 is 10.0 Å². The summed E-state index contributed by atoms with van der Waals surface area (Å²) in [6.45, 7) is 1.12. The van der Waals surface area contributed by atoms with Crippen molar-refractivity contribution in [3.05, 3.63) is 70.9 Å². The number of nitrogens with zero attached hydrogens (tertiary/aromatic N) is 2. The first-order valence-corrected chi connectivity index (χ1v) is 11.8. The summed E-state index contributed by atoms with van der Waals surface area (Å²) in [4.78, 5) is 10.7. The fraction of sp³-hybridized carbons (Fsp3) is 0.455. The second kappa shape index (κ2) is 10.8. The number of hydrogen-bond donors (Lipinski definition) is 1. The largest absolute Gasteiger partial charge is 0.493 e. The van der Waals surface area contributed by atoms with Gasteiger partial charge in [-0.05, 0) is 60.2 Å². The molecule has 0 bridgehead atoms. The van der Waals surface area contributed by atoms with Crippen molar-refractivity contribution in [2.75, 3.05) is 19.7 Å². The minimum Gasteiger partial charge on any atom is -0.493 e. The highest BCUT2D eigenvalue weighted by atomic mass is 32.2. The highest BCUT2D eigenvalue weighted by Crippen LogP contribution is 2.26. The first-order valence-electron chi connectivity index (χ1n) is 10.3. The van der Waals surface area contributed by atoms with Crippen LogP contribution in [-0.4, -0.2) is 49.0 Å². The van der Waals surface area contributed by atoms with Gasteiger partial charge in [-0.1, -0.05) is 30.3 Å². The molecule has 31 heavy (non-hydrogen) atoms. The second-order valence-corrected chi connectivity index (χ2v) is 10.00. The molecule has 2 aromatic rings. The van der Waals surface area contributed by atoms with E-state index in [0.29, 0.717) is 38.3 Å². The summed E-state index contributed by atoms with van der Waals surface area (Å²) in [6.07, 6.45) is -0.345. The molecule has 0 aromatic heterocycles. The van der Waals surface area contributed by atoms with E-state index >= 15 is 0 Å². The molecule has 1 fully saturated rings. The van der Waals surface area contributed by atoms with Gasteiger partial charge in [-0.3, -0.25) is 0 Å². The minimum atomic E-state index is -3.73. The van der Waals surface area contributed by atoms with Crippen LogP contribution in [-0.2, 0) is 16.4 Å². The standard InChI is InChI=1S/C22H27FN2O5S/c23-19-6-8-20(9-7-19)30-16-18-10-12-25(13-11-18)31(28,29)21(15-22(26)24-27)14-17-4-2-1-3-5-17/h1-9,18,21-22,26H,10-16H2. The molecule has 1 aliphatic rings. The van der Waals surface area contributed by atoms with Gasteiger partial charge in [0.15, 0.2) is 6.23 Å². The average molecular weight is 451 g/mol. The van der Waals surface area contributed by atoms with E-state index in [9.17, 15) is 22.8 Å². The van der Waals surface area contributed by atoms with Crippen LogP contribution in [0.15, 0.2) is 59.8 Å². The Hall–Kier alpha value is -2.36. The van der Waals surface area contributed by atoms with Crippen molar-refractivity contribution in [3.63, 3.8) is 0 Å². The quantitative estimate of drug-likeness (QED) is 0.560. The van der Waals surface area contributed by atoms with Gasteiger partial charge in [-0.25, -0.2) is 17.1 Å². The maximum absolute atomic E-state index is 13.3. The Kier molecular flexibility index (Phi) is 8.11. The van der Waals surface area contributed by atoms with Crippen LogP contribution in [0.25, 0.3) is 0 Å². The first kappa shape index (κ1) is 23.3. The molecular formula is C22H27FN2O5S. The van der Waals surface area contributed by atoms with Gasteiger partial charge in [0.25, 0.3) is 0 Å². The van der Waals surface area contributed by atoms with E-state index in [2.05, 4.69) is 5.18 Å². The number of sulfonamides is 1. The molecular weight excluding hydrogens is 423 g/mol. The van der Waals surface area contributed by atoms with Crippen LogP contribution in [0, 0.1) is 16.6 Å². The molecule has 168 valence electrons. The Bertz CT molecular complexity index is 932. The van der Waals surface area contributed by atoms with Gasteiger partial charge in [0, 0.05) is 19.5 Å². The van der Waals surface area contributed by atoms with Crippen LogP contribution >= 0.6 is 0 Å². The Morgan fingerprint density at radius 3 is 2.35 bits per heavy atom. The lowest BCUT2D eigenvalue weighted by atomic mass is 9.99. The molecule has 0 aliphatic carbocycles. The molecule has 2 aromatic carbocycles. The Balaban J connectivity index is 1.60. The summed E-state index contributed by atoms with van der Waals surface area (Å²) in [5, 5.41) is 11.3. The summed E-state index contributed by atoms with van der Waals surface area (Å²) in [6, 6.07) is 14.9. The van der Waals surface area contributed by atoms with Crippen molar-refractivity contribution in [1.82, 2.24) is 4.31 Å². The van der Waals surface area contributed by atoms with E-state index in [-0.39, 0.29) is 24.6 Å². The average Bonchev–Trinajstić information content (AvgIpc) is 2.79. The maximum atomic E-state index is 13.3. The monoisotopic (exact) mass is 450 g/mol. The molecule has 1 N–H and O–H groups in total. The van der Waals surface area contributed by atoms with E-state index in [4.69, 9.17) is 4.74 Å². The number of aliphatic hydroxyl groups excluding tert-OH is 1. The van der Waals surface area contributed by atoms with E-state index < -0.39 is 21.5 Å². The molecule has 7 nitrogen and oxygen atoms in total. The highest BCUT2D eigenvalue weighted by Gasteiger charge is 2.36. The van der Waals surface area contributed by atoms with Crippen molar-refractivity contribution in [1.29, 1.82) is 0 Å². The molecule has 2 atom stereocenters. The molecule has 0 radical (unpaired) electrons. The number of ether oxygens (including phenoxy) is 1. The zero-order valence-electron chi connectivity index (χ0n) is 17.1. The molecule has 2 unspecified atom stereocenters. The van der Waals surface area contributed by atoms with Crippen molar-refractivity contribution in [3.8, 4) is 5.75 Å². The van der Waals surface area contributed by atoms with Crippen LogP contribution in [0.2, 0.25) is 0 Å². The lowest BCUT2D eigenvalue weighted by molar-refractivity contribution is 0.166. The summed E-state index contributed by atoms with van der Waals surface area (Å²) < 4.78 is 46.6. The zero-order chi connectivity index (χ0) is 22.3. The Morgan fingerprint density at radius 1 is 1.10 bits per heavy atom. The third kappa shape index (κ3) is 6.56. The number of halogens is 1. The van der Waals surface area contributed by atoms with E-state index in [1.807, 2.05) is 30.3 Å². The lowest BCUT2D eigenvalue weighted by Crippen LogP contribution is -2.45. The normalized spacial score (nSPS) is 17.7. The predicted molar refractivity (Wildman–Crippen MR) is 115 cm³/mol. The number of nitroso groups, excluding NO2 is 1. The summed E-state index contributed by atoms with van der Waals surface area (Å²) in [5.74, 6) is 0.437. The second-order valence-electron chi connectivity index (χ2n) is 7.79. The fourth-order valence-electron chi connectivity index (χ4n) is 3.75. The van der Waals surface area contributed by atoms with E-state index in [0.717, 1.165) is 5.56 Å². The SMILES string of the molecule is O=NC(O)CC(Cc1ccccc1)S(=O)(=O)N1CCC(COc2ccc(F)cc2)CC1. The molecule has 0 spiro atoms. The number of aliphatic hydroxyl groups is 1. The number of benzene rings is 2. The zero-order valence-corrected chi connectivity index (χ0v) is 18.0. The van der Waals surface area contributed by atoms with E-state index in [1.165, 1.54) is 16.4 Å². The van der Waals surface area contributed by atoms with Crippen LogP contribution < -0.4 is 4.74 Å². The number of hydrogen-bond acceptors (Lipinski definition) is 6. The molecule has 0 amide bonds. The molecule has 1 heterocycles. The molecule has 3 rings (SSSR count). The third-order valence-electron chi connectivity index (χ3n) is 5.56. The van der Waals surface area contributed by atoms with Crippen molar-refractivity contribution in [2.24, 2.45) is 11.1 Å². The summed E-state index contributed by atoms with van der Waals surface area (Å²) in [5.41, 5.74) is 0.816. The first-order chi connectivity index (χ1) is 14.9. The van der Waals surface area contributed by atoms with Gasteiger partial charge < -0.3 is 9.84 Å². The van der Waals surface area contributed by atoms with Gasteiger partial charge in [-0.2, -0.15) is 0 Å². The molecule has 0 saturated carbocycles. The number of rotatable bonds is 10. The van der Waals surface area contributed by atoms with E-state index in [1.54, 1.807) is 12.1 Å². The topological polar surface area (TPSA) is 96.3 Å². The smallest absolute Gasteiger partial charge is 0.217 e. The number of piperidine rings is 1. The Morgan fingerprint density at radius 2 is 1.74 bits per heavy atom. The molecule has 1 saturated heterocycles. The van der Waals surface area contributed by atoms with Gasteiger partial charge in [0.1, 0.15) is 11.6 Å². The van der Waals surface area contributed by atoms with Crippen LogP contribution in [0.1, 0.15) is 24.8 Å². The predicted octanol–water partition coefficient (Wildman–Crippen LogP) is 3.33. The summed E-state index contributed by atoms with van der Waals surface area (Å²) in [7, 11) is -3.73. The van der Waals surface area contributed by atoms with Gasteiger partial charge in [0.2, 0.25) is 10.0 Å².